The van der Waals surface area contributed by atoms with Crippen molar-refractivity contribution in [2.45, 2.75) is 26.4 Å². The van der Waals surface area contributed by atoms with Crippen molar-refractivity contribution in [3.05, 3.63) is 39.7 Å². The largest absolute Gasteiger partial charge is 0.459 e. The van der Waals surface area contributed by atoms with Crippen LogP contribution in [0.4, 0.5) is 10.1 Å². The molecule has 0 N–H and O–H groups in total. The van der Waals surface area contributed by atoms with Gasteiger partial charge in [-0.25, -0.2) is 9.18 Å². The lowest BCUT2D eigenvalue weighted by Crippen LogP contribution is -2.15. The Hall–Kier alpha value is -1.98. The van der Waals surface area contributed by atoms with Gasteiger partial charge in [0.25, 0.3) is 5.69 Å². The monoisotopic (exact) mass is 241 g/mol. The number of carbonyl (C=O) groups excluding carboxylic acids is 1. The van der Waals surface area contributed by atoms with Crippen LogP contribution in [-0.2, 0) is 4.74 Å². The van der Waals surface area contributed by atoms with Gasteiger partial charge in [-0.05, 0) is 25.5 Å². The molecule has 1 aromatic carbocycles. The van der Waals surface area contributed by atoms with Crippen LogP contribution in [0.15, 0.2) is 18.2 Å². The third kappa shape index (κ3) is 3.24. The smallest absolute Gasteiger partial charge is 0.345 e. The van der Waals surface area contributed by atoms with Gasteiger partial charge in [-0.2, -0.15) is 0 Å². The van der Waals surface area contributed by atoms with E-state index in [-0.39, 0.29) is 11.7 Å². The van der Waals surface area contributed by atoms with Crippen LogP contribution in [0.2, 0.25) is 0 Å². The Morgan fingerprint density at radius 2 is 2.24 bits per heavy atom. The topological polar surface area (TPSA) is 69.4 Å². The maximum absolute atomic E-state index is 13.0. The average Bonchev–Trinajstić information content (AvgIpc) is 2.28. The SMILES string of the molecule is CCC(C)OC(=O)c1cc(F)ccc1[N+](=O)[O-]. The molecule has 1 rings (SSSR count). The van der Waals surface area contributed by atoms with Crippen LogP contribution < -0.4 is 0 Å². The molecule has 1 aromatic rings. The second-order valence-electron chi connectivity index (χ2n) is 3.54. The summed E-state index contributed by atoms with van der Waals surface area (Å²) in [4.78, 5) is 21.5. The summed E-state index contributed by atoms with van der Waals surface area (Å²) in [5, 5.41) is 10.7. The molecule has 0 saturated carbocycles. The van der Waals surface area contributed by atoms with Gasteiger partial charge in [0, 0.05) is 6.07 Å². The minimum absolute atomic E-state index is 0.365. The summed E-state index contributed by atoms with van der Waals surface area (Å²) >= 11 is 0. The summed E-state index contributed by atoms with van der Waals surface area (Å²) in [5.74, 6) is -1.60. The van der Waals surface area contributed by atoms with Crippen molar-refractivity contribution in [3.63, 3.8) is 0 Å². The first kappa shape index (κ1) is 13.1. The number of esters is 1. The molecule has 5 nitrogen and oxygen atoms in total. The molecule has 0 bridgehead atoms. The van der Waals surface area contributed by atoms with Crippen molar-refractivity contribution in [2.75, 3.05) is 0 Å². The standard InChI is InChI=1S/C11H12FNO4/c1-3-7(2)17-11(14)9-6-8(12)4-5-10(9)13(15)16/h4-7H,3H2,1-2H3. The van der Waals surface area contributed by atoms with Gasteiger partial charge in [-0.15, -0.1) is 0 Å². The zero-order valence-corrected chi connectivity index (χ0v) is 9.47. The van der Waals surface area contributed by atoms with E-state index in [9.17, 15) is 19.3 Å². The van der Waals surface area contributed by atoms with Gasteiger partial charge in [-0.3, -0.25) is 10.1 Å². The van der Waals surface area contributed by atoms with Crippen molar-refractivity contribution in [1.82, 2.24) is 0 Å². The van der Waals surface area contributed by atoms with Crippen LogP contribution in [0.1, 0.15) is 30.6 Å². The molecule has 1 unspecified atom stereocenters. The van der Waals surface area contributed by atoms with E-state index in [0.717, 1.165) is 18.2 Å². The van der Waals surface area contributed by atoms with Gasteiger partial charge in [0.15, 0.2) is 0 Å². The van der Waals surface area contributed by atoms with Crippen LogP contribution in [0.3, 0.4) is 0 Å². The number of nitro groups is 1. The fourth-order valence-corrected chi connectivity index (χ4v) is 1.16. The molecule has 0 heterocycles. The second kappa shape index (κ2) is 5.38. The highest BCUT2D eigenvalue weighted by Crippen LogP contribution is 2.21. The van der Waals surface area contributed by atoms with Gasteiger partial charge in [-0.1, -0.05) is 6.92 Å². The summed E-state index contributed by atoms with van der Waals surface area (Å²) in [6.45, 7) is 3.46. The van der Waals surface area contributed by atoms with Gasteiger partial charge in [0.1, 0.15) is 11.4 Å². The molecule has 0 amide bonds. The summed E-state index contributed by atoms with van der Waals surface area (Å²) in [6, 6.07) is 2.68. The summed E-state index contributed by atoms with van der Waals surface area (Å²) in [5.41, 5.74) is -0.824. The highest BCUT2D eigenvalue weighted by molar-refractivity contribution is 5.94. The molecule has 0 aliphatic rings. The molecule has 92 valence electrons. The number of nitrogens with zero attached hydrogens (tertiary/aromatic N) is 1. The Balaban J connectivity index is 3.06. The number of hydrogen-bond acceptors (Lipinski definition) is 4. The van der Waals surface area contributed by atoms with Gasteiger partial charge < -0.3 is 4.74 Å². The quantitative estimate of drug-likeness (QED) is 0.461. The first-order valence-electron chi connectivity index (χ1n) is 5.10. The molecule has 0 aliphatic heterocycles. The van der Waals surface area contributed by atoms with E-state index in [0.29, 0.717) is 6.42 Å². The maximum Gasteiger partial charge on any atom is 0.345 e. The molecule has 0 saturated heterocycles. The molecular formula is C11H12FNO4. The average molecular weight is 241 g/mol. The lowest BCUT2D eigenvalue weighted by Gasteiger charge is -2.10. The Labute approximate surface area is 97.3 Å². The predicted octanol–water partition coefficient (Wildman–Crippen LogP) is 2.69. The van der Waals surface area contributed by atoms with E-state index < -0.39 is 22.4 Å². The number of rotatable bonds is 4. The van der Waals surface area contributed by atoms with Crippen molar-refractivity contribution < 1.29 is 18.8 Å². The molecule has 0 spiro atoms. The van der Waals surface area contributed by atoms with E-state index in [4.69, 9.17) is 4.74 Å². The highest BCUT2D eigenvalue weighted by atomic mass is 19.1. The minimum Gasteiger partial charge on any atom is -0.459 e. The lowest BCUT2D eigenvalue weighted by atomic mass is 10.1. The maximum atomic E-state index is 13.0. The Morgan fingerprint density at radius 1 is 1.59 bits per heavy atom. The molecular weight excluding hydrogens is 229 g/mol. The fourth-order valence-electron chi connectivity index (χ4n) is 1.16. The summed E-state index contributed by atoms with van der Waals surface area (Å²) < 4.78 is 17.9. The molecule has 0 radical (unpaired) electrons. The van der Waals surface area contributed by atoms with Crippen LogP contribution in [-0.4, -0.2) is 17.0 Å². The van der Waals surface area contributed by atoms with Gasteiger partial charge in [0.05, 0.1) is 11.0 Å². The molecule has 6 heteroatoms. The van der Waals surface area contributed by atoms with Crippen molar-refractivity contribution in [2.24, 2.45) is 0 Å². The van der Waals surface area contributed by atoms with Gasteiger partial charge in [0.2, 0.25) is 0 Å². The normalized spacial score (nSPS) is 11.9. The van der Waals surface area contributed by atoms with Crippen molar-refractivity contribution in [3.8, 4) is 0 Å². The van der Waals surface area contributed by atoms with Crippen molar-refractivity contribution >= 4 is 11.7 Å². The molecule has 17 heavy (non-hydrogen) atoms. The molecule has 0 aromatic heterocycles. The number of halogens is 1. The Bertz CT molecular complexity index is 447. The third-order valence-corrected chi connectivity index (χ3v) is 2.26. The van der Waals surface area contributed by atoms with E-state index in [1.54, 1.807) is 13.8 Å². The number of nitro benzene ring substituents is 1. The van der Waals surface area contributed by atoms with Crippen LogP contribution in [0, 0.1) is 15.9 Å². The van der Waals surface area contributed by atoms with E-state index in [1.807, 2.05) is 0 Å². The zero-order chi connectivity index (χ0) is 13.0. The molecule has 1 atom stereocenters. The number of hydrogen-bond donors (Lipinski definition) is 0. The fraction of sp³-hybridized carbons (Fsp3) is 0.364. The highest BCUT2D eigenvalue weighted by Gasteiger charge is 2.23. The number of benzene rings is 1. The van der Waals surface area contributed by atoms with Gasteiger partial charge >= 0.3 is 5.97 Å². The number of carbonyl (C=O) groups is 1. The summed E-state index contributed by atoms with van der Waals surface area (Å²) in [6.07, 6.45) is 0.208. The Morgan fingerprint density at radius 3 is 2.76 bits per heavy atom. The first-order chi connectivity index (χ1) is 7.95. The zero-order valence-electron chi connectivity index (χ0n) is 9.47. The van der Waals surface area contributed by atoms with Crippen LogP contribution >= 0.6 is 0 Å². The van der Waals surface area contributed by atoms with E-state index >= 15 is 0 Å². The number of ether oxygens (including phenoxy) is 1. The Kier molecular flexibility index (Phi) is 4.14. The molecule has 0 aliphatic carbocycles. The van der Waals surface area contributed by atoms with E-state index in [1.165, 1.54) is 0 Å². The predicted molar refractivity (Wildman–Crippen MR) is 58.2 cm³/mol. The van der Waals surface area contributed by atoms with Crippen LogP contribution in [0.25, 0.3) is 0 Å². The van der Waals surface area contributed by atoms with Crippen LogP contribution in [0.5, 0.6) is 0 Å². The van der Waals surface area contributed by atoms with E-state index in [2.05, 4.69) is 0 Å². The molecule has 0 fully saturated rings. The minimum atomic E-state index is -0.884. The van der Waals surface area contributed by atoms with Crippen molar-refractivity contribution in [1.29, 1.82) is 0 Å². The first-order valence-corrected chi connectivity index (χ1v) is 5.10. The summed E-state index contributed by atoms with van der Waals surface area (Å²) in [7, 11) is 0. The lowest BCUT2D eigenvalue weighted by molar-refractivity contribution is -0.385. The second-order valence-corrected chi connectivity index (χ2v) is 3.54. The third-order valence-electron chi connectivity index (χ3n) is 2.26.